The van der Waals surface area contributed by atoms with Gasteiger partial charge >= 0.3 is 5.69 Å². The lowest BCUT2D eigenvalue weighted by Crippen LogP contribution is -2.11. The quantitative estimate of drug-likeness (QED) is 0.282. The maximum absolute atomic E-state index is 12.7. The molecule has 0 atom stereocenters. The molecule has 0 fully saturated rings. The molecule has 4 aromatic rings. The Bertz CT molecular complexity index is 1310. The number of rotatable bonds is 7. The van der Waals surface area contributed by atoms with Crippen molar-refractivity contribution < 1.29 is 9.72 Å². The number of carbonyl (C=O) groups is 1. The third-order valence-corrected chi connectivity index (χ3v) is 6.99. The molecular formula is C21H19BrN6O3S. The van der Waals surface area contributed by atoms with Gasteiger partial charge in [-0.15, -0.1) is 11.3 Å². The Morgan fingerprint density at radius 3 is 2.75 bits per heavy atom. The summed E-state index contributed by atoms with van der Waals surface area (Å²) in [4.78, 5) is 23.6. The molecule has 3 heterocycles. The first-order valence-corrected chi connectivity index (χ1v) is 11.3. The van der Waals surface area contributed by atoms with Crippen LogP contribution < -0.4 is 5.32 Å². The second-order valence-corrected chi connectivity index (χ2v) is 8.97. The van der Waals surface area contributed by atoms with E-state index in [4.69, 9.17) is 0 Å². The van der Waals surface area contributed by atoms with Crippen LogP contribution in [0.3, 0.4) is 0 Å². The van der Waals surface area contributed by atoms with Gasteiger partial charge in [-0.25, -0.2) is 0 Å². The Kier molecular flexibility index (Phi) is 6.19. The first kappa shape index (κ1) is 21.9. The average Bonchev–Trinajstić information content (AvgIpc) is 3.47. The van der Waals surface area contributed by atoms with Crippen LogP contribution in [-0.2, 0) is 13.1 Å². The van der Waals surface area contributed by atoms with E-state index in [0.717, 1.165) is 27.0 Å². The smallest absolute Gasteiger partial charge is 0.307 e. The third-order valence-electron chi connectivity index (χ3n) is 4.86. The summed E-state index contributed by atoms with van der Waals surface area (Å²) in [6.07, 6.45) is 2.57. The molecule has 1 amide bonds. The number of benzene rings is 1. The summed E-state index contributed by atoms with van der Waals surface area (Å²) in [6.45, 7) is 4.91. The number of halogens is 1. The Morgan fingerprint density at radius 2 is 2.06 bits per heavy atom. The van der Waals surface area contributed by atoms with Crippen LogP contribution in [0.1, 0.15) is 32.2 Å². The highest BCUT2D eigenvalue weighted by atomic mass is 79.9. The molecule has 32 heavy (non-hydrogen) atoms. The van der Waals surface area contributed by atoms with E-state index < -0.39 is 4.92 Å². The summed E-state index contributed by atoms with van der Waals surface area (Å²) in [7, 11) is 0. The molecule has 0 aliphatic heterocycles. The number of nitrogens with zero attached hydrogens (tertiary/aromatic N) is 5. The largest absolute Gasteiger partial charge is 0.321 e. The van der Waals surface area contributed by atoms with E-state index in [0.29, 0.717) is 23.7 Å². The second-order valence-electron chi connectivity index (χ2n) is 7.27. The summed E-state index contributed by atoms with van der Waals surface area (Å²) >= 11 is 4.86. The number of aryl methyl sites for hydroxylation is 1. The number of thiophene rings is 1. The van der Waals surface area contributed by atoms with Gasteiger partial charge in [-0.05, 0) is 64.5 Å². The van der Waals surface area contributed by atoms with Gasteiger partial charge in [-0.1, -0.05) is 12.1 Å². The summed E-state index contributed by atoms with van der Waals surface area (Å²) in [6, 6.07) is 9.43. The van der Waals surface area contributed by atoms with Gasteiger partial charge in [-0.3, -0.25) is 24.3 Å². The zero-order chi connectivity index (χ0) is 22.8. The fourth-order valence-electron chi connectivity index (χ4n) is 3.24. The van der Waals surface area contributed by atoms with Crippen molar-refractivity contribution in [3.8, 4) is 0 Å². The van der Waals surface area contributed by atoms with Crippen molar-refractivity contribution in [2.75, 3.05) is 5.32 Å². The van der Waals surface area contributed by atoms with E-state index in [9.17, 15) is 14.9 Å². The number of nitro groups is 1. The van der Waals surface area contributed by atoms with Crippen LogP contribution in [0.5, 0.6) is 0 Å². The average molecular weight is 515 g/mol. The topological polar surface area (TPSA) is 108 Å². The molecule has 0 saturated heterocycles. The van der Waals surface area contributed by atoms with Gasteiger partial charge in [0.2, 0.25) is 0 Å². The van der Waals surface area contributed by atoms with Crippen molar-refractivity contribution in [1.82, 2.24) is 19.6 Å². The minimum atomic E-state index is -0.488. The van der Waals surface area contributed by atoms with Crippen LogP contribution in [0, 0.1) is 24.0 Å². The van der Waals surface area contributed by atoms with Gasteiger partial charge in [0.05, 0.1) is 38.8 Å². The zero-order valence-electron chi connectivity index (χ0n) is 17.3. The van der Waals surface area contributed by atoms with Crippen LogP contribution in [-0.4, -0.2) is 30.4 Å². The molecule has 9 nitrogen and oxygen atoms in total. The minimum Gasteiger partial charge on any atom is -0.321 e. The van der Waals surface area contributed by atoms with Crippen molar-refractivity contribution in [3.63, 3.8) is 0 Å². The maximum Gasteiger partial charge on any atom is 0.307 e. The fraction of sp³-hybridized carbons (Fsp3) is 0.190. The second kappa shape index (κ2) is 9.05. The third kappa shape index (κ3) is 4.78. The zero-order valence-corrected chi connectivity index (χ0v) is 19.7. The summed E-state index contributed by atoms with van der Waals surface area (Å²) < 4.78 is 4.40. The van der Waals surface area contributed by atoms with Crippen LogP contribution in [0.2, 0.25) is 0 Å². The lowest BCUT2D eigenvalue weighted by Gasteiger charge is -2.08. The molecule has 0 saturated carbocycles. The van der Waals surface area contributed by atoms with Crippen molar-refractivity contribution in [3.05, 3.63) is 90.1 Å². The summed E-state index contributed by atoms with van der Waals surface area (Å²) in [5, 5.41) is 24.1. The van der Waals surface area contributed by atoms with Crippen molar-refractivity contribution >= 4 is 44.5 Å². The molecule has 0 bridgehead atoms. The minimum absolute atomic E-state index is 0.0640. The Balaban J connectivity index is 1.42. The molecule has 0 unspecified atom stereocenters. The number of nitrogens with one attached hydrogen (secondary N) is 1. The van der Waals surface area contributed by atoms with E-state index in [-0.39, 0.29) is 11.6 Å². The van der Waals surface area contributed by atoms with Gasteiger partial charge in [0.1, 0.15) is 12.4 Å². The molecule has 0 aliphatic carbocycles. The molecule has 3 aromatic heterocycles. The van der Waals surface area contributed by atoms with Gasteiger partial charge in [0, 0.05) is 5.69 Å². The normalized spacial score (nSPS) is 11.0. The van der Waals surface area contributed by atoms with Crippen LogP contribution in [0.25, 0.3) is 0 Å². The lowest BCUT2D eigenvalue weighted by molar-refractivity contribution is -0.385. The van der Waals surface area contributed by atoms with Gasteiger partial charge in [0.15, 0.2) is 0 Å². The first-order chi connectivity index (χ1) is 15.3. The van der Waals surface area contributed by atoms with E-state index >= 15 is 0 Å². The monoisotopic (exact) mass is 514 g/mol. The Hall–Kier alpha value is -3.31. The number of amides is 1. The molecule has 164 valence electrons. The van der Waals surface area contributed by atoms with Gasteiger partial charge < -0.3 is 5.32 Å². The SMILES string of the molecule is Cc1nn(Cc2cccc(NC(=O)c3cc(Cn4cc([N+](=O)[O-])cn4)cs3)c2)c(C)c1Br. The highest BCUT2D eigenvalue weighted by Gasteiger charge is 2.13. The van der Waals surface area contributed by atoms with Gasteiger partial charge in [-0.2, -0.15) is 10.2 Å². The molecular weight excluding hydrogens is 496 g/mol. The predicted molar refractivity (Wildman–Crippen MR) is 125 cm³/mol. The van der Waals surface area contributed by atoms with E-state index in [1.54, 1.807) is 6.07 Å². The van der Waals surface area contributed by atoms with Crippen LogP contribution in [0.4, 0.5) is 11.4 Å². The highest BCUT2D eigenvalue weighted by molar-refractivity contribution is 9.10. The molecule has 0 spiro atoms. The molecule has 1 N–H and O–H groups in total. The maximum atomic E-state index is 12.7. The molecule has 11 heteroatoms. The van der Waals surface area contributed by atoms with Gasteiger partial charge in [0.25, 0.3) is 5.91 Å². The van der Waals surface area contributed by atoms with E-state index in [1.807, 2.05) is 48.2 Å². The number of carbonyl (C=O) groups excluding carboxylic acids is 1. The van der Waals surface area contributed by atoms with Crippen molar-refractivity contribution in [2.24, 2.45) is 0 Å². The van der Waals surface area contributed by atoms with Crippen molar-refractivity contribution in [2.45, 2.75) is 26.9 Å². The van der Waals surface area contributed by atoms with Crippen molar-refractivity contribution in [1.29, 1.82) is 0 Å². The van der Waals surface area contributed by atoms with Crippen LogP contribution in [0.15, 0.2) is 52.6 Å². The molecule has 4 rings (SSSR count). The number of anilines is 1. The number of hydrogen-bond acceptors (Lipinski definition) is 6. The van der Waals surface area contributed by atoms with E-state index in [2.05, 4.69) is 31.4 Å². The summed E-state index contributed by atoms with van der Waals surface area (Å²) in [5.41, 5.74) is 4.49. The first-order valence-electron chi connectivity index (χ1n) is 9.64. The predicted octanol–water partition coefficient (Wildman–Crippen LogP) is 4.78. The standard InChI is InChI=1S/C21H19BrN6O3S/c1-13-20(22)14(2)27(25-13)10-15-4-3-5-17(6-15)24-21(29)19-7-16(12-32-19)9-26-11-18(8-23-26)28(30)31/h3-8,11-12H,9-10H2,1-2H3,(H,24,29). The van der Waals surface area contributed by atoms with Crippen LogP contribution >= 0.6 is 27.3 Å². The summed E-state index contributed by atoms with van der Waals surface area (Å²) in [5.74, 6) is -0.210. The highest BCUT2D eigenvalue weighted by Crippen LogP contribution is 2.22. The lowest BCUT2D eigenvalue weighted by atomic mass is 10.2. The molecule has 0 radical (unpaired) electrons. The van der Waals surface area contributed by atoms with E-state index in [1.165, 1.54) is 28.4 Å². The molecule has 0 aliphatic rings. The Labute approximate surface area is 196 Å². The Morgan fingerprint density at radius 1 is 1.25 bits per heavy atom. The number of hydrogen-bond donors (Lipinski definition) is 1. The number of aromatic nitrogens is 4. The molecule has 1 aromatic carbocycles. The fourth-order valence-corrected chi connectivity index (χ4v) is 4.32.